The van der Waals surface area contributed by atoms with Crippen LogP contribution in [-0.2, 0) is 23.2 Å². The highest BCUT2D eigenvalue weighted by atomic mass is 16.2. The Morgan fingerprint density at radius 1 is 1.09 bits per heavy atom. The van der Waals surface area contributed by atoms with E-state index in [1.54, 1.807) is 11.0 Å². The summed E-state index contributed by atoms with van der Waals surface area (Å²) in [6.45, 7) is 2.31. The number of nitrogen functional groups attached to an aromatic ring is 1. The number of hydrogen-bond donors (Lipinski definition) is 2. The van der Waals surface area contributed by atoms with Crippen LogP contribution in [0.3, 0.4) is 0 Å². The molecule has 8 heteroatoms. The largest absolute Gasteiger partial charge is 0.399 e. The van der Waals surface area contributed by atoms with Crippen LogP contribution in [0.15, 0.2) is 42.6 Å². The Morgan fingerprint density at radius 2 is 1.88 bits per heavy atom. The molecule has 2 aliphatic heterocycles. The number of fused-ring (bicyclic) bond motifs is 1. The van der Waals surface area contributed by atoms with Crippen molar-refractivity contribution in [2.24, 2.45) is 7.05 Å². The first-order valence-electron chi connectivity index (χ1n) is 10.5. The Kier molecular flexibility index (Phi) is 4.58. The maximum atomic E-state index is 12.9. The number of amides is 3. The molecule has 1 aromatic heterocycles. The highest BCUT2D eigenvalue weighted by Gasteiger charge is 2.39. The van der Waals surface area contributed by atoms with Gasteiger partial charge in [0.15, 0.2) is 0 Å². The predicted molar refractivity (Wildman–Crippen MR) is 119 cm³/mol. The molecule has 0 radical (unpaired) electrons. The summed E-state index contributed by atoms with van der Waals surface area (Å²) in [7, 11) is 1.94. The SMILES string of the molecule is Cc1cc(-c2nc(-c3ccc4c(c3)CN(C3CCC(=O)NC3=O)C4=O)cn2C)ccc1N. The highest BCUT2D eigenvalue weighted by Crippen LogP contribution is 2.32. The summed E-state index contributed by atoms with van der Waals surface area (Å²) in [4.78, 5) is 43.0. The van der Waals surface area contributed by atoms with Crippen LogP contribution < -0.4 is 11.1 Å². The second-order valence-electron chi connectivity index (χ2n) is 8.40. The van der Waals surface area contributed by atoms with E-state index in [0.29, 0.717) is 18.5 Å². The number of imidazole rings is 1. The molecule has 1 atom stereocenters. The summed E-state index contributed by atoms with van der Waals surface area (Å²) < 4.78 is 1.97. The van der Waals surface area contributed by atoms with Crippen LogP contribution >= 0.6 is 0 Å². The van der Waals surface area contributed by atoms with Crippen LogP contribution in [0.1, 0.15) is 34.3 Å². The Balaban J connectivity index is 1.44. The summed E-state index contributed by atoms with van der Waals surface area (Å²) in [5, 5.41) is 2.33. The molecular formula is C24H23N5O3. The molecule has 3 amide bonds. The van der Waals surface area contributed by atoms with Crippen molar-refractivity contribution in [3.05, 3.63) is 59.3 Å². The van der Waals surface area contributed by atoms with Gasteiger partial charge in [0, 0.05) is 48.6 Å². The Bertz CT molecular complexity index is 1290. The summed E-state index contributed by atoms with van der Waals surface area (Å²) in [6, 6.07) is 10.9. The molecule has 3 heterocycles. The molecule has 8 nitrogen and oxygen atoms in total. The number of nitrogens with one attached hydrogen (secondary N) is 1. The summed E-state index contributed by atoms with van der Waals surface area (Å²) >= 11 is 0. The molecule has 1 fully saturated rings. The minimum Gasteiger partial charge on any atom is -0.399 e. The zero-order valence-corrected chi connectivity index (χ0v) is 17.9. The third-order valence-electron chi connectivity index (χ3n) is 6.22. The molecule has 0 spiro atoms. The van der Waals surface area contributed by atoms with Gasteiger partial charge in [-0.15, -0.1) is 0 Å². The topological polar surface area (TPSA) is 110 Å². The number of nitrogens with zero attached hydrogens (tertiary/aromatic N) is 3. The third-order valence-corrected chi connectivity index (χ3v) is 6.22. The lowest BCUT2D eigenvalue weighted by molar-refractivity contribution is -0.136. The second kappa shape index (κ2) is 7.33. The van der Waals surface area contributed by atoms with E-state index in [-0.39, 0.29) is 18.2 Å². The van der Waals surface area contributed by atoms with Gasteiger partial charge in [0.05, 0.1) is 5.69 Å². The molecule has 1 unspecified atom stereocenters. The standard InChI is InChI=1S/C24H23N5O3/c1-13-9-15(4-6-18(13)25)22-26-19(12-28(22)2)14-3-5-17-16(10-14)11-29(24(17)32)20-7-8-21(30)27-23(20)31/h3-6,9-10,12,20H,7-8,11,25H2,1-2H3,(H,27,30,31). The molecule has 5 rings (SSSR count). The highest BCUT2D eigenvalue weighted by molar-refractivity contribution is 6.05. The van der Waals surface area contributed by atoms with Crippen molar-refractivity contribution in [2.45, 2.75) is 32.4 Å². The van der Waals surface area contributed by atoms with Crippen LogP contribution in [0.4, 0.5) is 5.69 Å². The minimum absolute atomic E-state index is 0.180. The van der Waals surface area contributed by atoms with Crippen molar-refractivity contribution >= 4 is 23.4 Å². The van der Waals surface area contributed by atoms with Crippen LogP contribution in [0.2, 0.25) is 0 Å². The van der Waals surface area contributed by atoms with E-state index in [2.05, 4.69) is 5.32 Å². The van der Waals surface area contributed by atoms with Gasteiger partial charge in [0.1, 0.15) is 11.9 Å². The fourth-order valence-electron chi connectivity index (χ4n) is 4.42. The number of nitrogens with two attached hydrogens (primary N) is 1. The van der Waals surface area contributed by atoms with Crippen LogP contribution in [0.5, 0.6) is 0 Å². The normalized spacial score (nSPS) is 18.1. The van der Waals surface area contributed by atoms with Gasteiger partial charge < -0.3 is 15.2 Å². The van der Waals surface area contributed by atoms with Crippen molar-refractivity contribution in [3.63, 3.8) is 0 Å². The molecule has 3 aromatic rings. The van der Waals surface area contributed by atoms with E-state index < -0.39 is 11.9 Å². The number of carbonyl (C=O) groups excluding carboxylic acids is 3. The summed E-state index contributed by atoms with van der Waals surface area (Å²) in [6.07, 6.45) is 2.54. The smallest absolute Gasteiger partial charge is 0.255 e. The number of hydrogen-bond acceptors (Lipinski definition) is 5. The van der Waals surface area contributed by atoms with Gasteiger partial charge in [-0.3, -0.25) is 19.7 Å². The average molecular weight is 429 g/mol. The van der Waals surface area contributed by atoms with Crippen LogP contribution in [-0.4, -0.2) is 38.2 Å². The zero-order valence-electron chi connectivity index (χ0n) is 17.9. The number of aromatic nitrogens is 2. The molecule has 162 valence electrons. The van der Waals surface area contributed by atoms with Crippen molar-refractivity contribution in [2.75, 3.05) is 5.73 Å². The monoisotopic (exact) mass is 429 g/mol. The third kappa shape index (κ3) is 3.24. The molecule has 0 aliphatic carbocycles. The number of rotatable bonds is 3. The molecule has 0 saturated carbocycles. The van der Waals surface area contributed by atoms with Gasteiger partial charge in [0.25, 0.3) is 5.91 Å². The van der Waals surface area contributed by atoms with Gasteiger partial charge in [-0.05, 0) is 54.8 Å². The maximum absolute atomic E-state index is 12.9. The van der Waals surface area contributed by atoms with E-state index in [4.69, 9.17) is 10.7 Å². The number of piperidine rings is 1. The van der Waals surface area contributed by atoms with E-state index >= 15 is 0 Å². The quantitative estimate of drug-likeness (QED) is 0.491. The molecule has 32 heavy (non-hydrogen) atoms. The maximum Gasteiger partial charge on any atom is 0.255 e. The minimum atomic E-state index is -0.619. The summed E-state index contributed by atoms with van der Waals surface area (Å²) in [5.74, 6) is -0.0549. The van der Waals surface area contributed by atoms with Gasteiger partial charge >= 0.3 is 0 Å². The first kappa shape index (κ1) is 20.0. The molecule has 2 aromatic carbocycles. The van der Waals surface area contributed by atoms with E-state index in [0.717, 1.165) is 39.5 Å². The Labute approximate surface area is 185 Å². The molecule has 3 N–H and O–H groups in total. The van der Waals surface area contributed by atoms with E-state index in [1.807, 2.05) is 55.1 Å². The fourth-order valence-corrected chi connectivity index (χ4v) is 4.42. The lowest BCUT2D eigenvalue weighted by atomic mass is 10.0. The lowest BCUT2D eigenvalue weighted by Gasteiger charge is -2.29. The first-order valence-corrected chi connectivity index (χ1v) is 10.5. The van der Waals surface area contributed by atoms with Crippen molar-refractivity contribution in [1.29, 1.82) is 0 Å². The van der Waals surface area contributed by atoms with Crippen molar-refractivity contribution in [3.8, 4) is 22.6 Å². The number of imide groups is 1. The van der Waals surface area contributed by atoms with Crippen molar-refractivity contribution in [1.82, 2.24) is 19.8 Å². The number of benzene rings is 2. The molecule has 2 aliphatic rings. The van der Waals surface area contributed by atoms with E-state index in [1.165, 1.54) is 0 Å². The molecule has 0 bridgehead atoms. The first-order chi connectivity index (χ1) is 15.3. The number of anilines is 1. The van der Waals surface area contributed by atoms with Crippen LogP contribution in [0, 0.1) is 6.92 Å². The Hall–Kier alpha value is -3.94. The van der Waals surface area contributed by atoms with Crippen LogP contribution in [0.25, 0.3) is 22.6 Å². The fraction of sp³-hybridized carbons (Fsp3) is 0.250. The number of aryl methyl sites for hydroxylation is 2. The van der Waals surface area contributed by atoms with E-state index in [9.17, 15) is 14.4 Å². The lowest BCUT2D eigenvalue weighted by Crippen LogP contribution is -2.52. The van der Waals surface area contributed by atoms with Crippen molar-refractivity contribution < 1.29 is 14.4 Å². The zero-order chi connectivity index (χ0) is 22.6. The predicted octanol–water partition coefficient (Wildman–Crippen LogP) is 2.41. The van der Waals surface area contributed by atoms with Gasteiger partial charge in [-0.1, -0.05) is 6.07 Å². The summed E-state index contributed by atoms with van der Waals surface area (Å²) in [5.41, 5.74) is 11.8. The molecule has 1 saturated heterocycles. The molecular weight excluding hydrogens is 406 g/mol. The van der Waals surface area contributed by atoms with Gasteiger partial charge in [-0.2, -0.15) is 0 Å². The average Bonchev–Trinajstić information content (AvgIpc) is 3.30. The Morgan fingerprint density at radius 3 is 2.62 bits per heavy atom. The van der Waals surface area contributed by atoms with Gasteiger partial charge in [-0.25, -0.2) is 4.98 Å². The van der Waals surface area contributed by atoms with Gasteiger partial charge in [0.2, 0.25) is 11.8 Å². The second-order valence-corrected chi connectivity index (χ2v) is 8.40. The number of carbonyl (C=O) groups is 3.